The van der Waals surface area contributed by atoms with E-state index in [1.807, 2.05) is 12.1 Å². The van der Waals surface area contributed by atoms with Crippen LogP contribution in [0.2, 0.25) is 0 Å². The number of nitrogens with zero attached hydrogens (tertiary/aromatic N) is 3. The third kappa shape index (κ3) is 6.24. The van der Waals surface area contributed by atoms with Crippen LogP contribution in [0.15, 0.2) is 29.4 Å². The molecule has 0 spiro atoms. The number of ether oxygens (including phenoxy) is 1. The van der Waals surface area contributed by atoms with Crippen molar-refractivity contribution in [1.82, 2.24) is 20.1 Å². The van der Waals surface area contributed by atoms with E-state index in [9.17, 15) is 4.79 Å². The summed E-state index contributed by atoms with van der Waals surface area (Å²) in [5, 5.41) is 12.8. The van der Waals surface area contributed by atoms with Crippen molar-refractivity contribution < 1.29 is 9.53 Å². The molecular formula is C23H34N4O2S. The average molecular weight is 431 g/mol. The van der Waals surface area contributed by atoms with Gasteiger partial charge in [0.15, 0.2) is 5.16 Å². The number of amides is 1. The molecular weight excluding hydrogens is 396 g/mol. The summed E-state index contributed by atoms with van der Waals surface area (Å²) >= 11 is 1.49. The lowest BCUT2D eigenvalue weighted by atomic mass is 9.86. The van der Waals surface area contributed by atoms with Gasteiger partial charge in [0.1, 0.15) is 11.6 Å². The summed E-state index contributed by atoms with van der Waals surface area (Å²) in [6.07, 6.45) is 7.68. The number of carbonyl (C=O) groups excluding carboxylic acids is 1. The van der Waals surface area contributed by atoms with Crippen molar-refractivity contribution in [3.8, 4) is 5.75 Å². The average Bonchev–Trinajstić information content (AvgIpc) is 3.16. The van der Waals surface area contributed by atoms with E-state index < -0.39 is 0 Å². The molecule has 1 aliphatic rings. The SMILES string of the molecule is CCn1c(CCCc2ccc(OC)cc2)nnc1SCC(=O)NC1CCCCC1C. The van der Waals surface area contributed by atoms with Crippen molar-refractivity contribution in [3.05, 3.63) is 35.7 Å². The molecule has 1 aromatic carbocycles. The Morgan fingerprint density at radius 2 is 1.97 bits per heavy atom. The van der Waals surface area contributed by atoms with Gasteiger partial charge in [-0.05, 0) is 56.2 Å². The quantitative estimate of drug-likeness (QED) is 0.570. The first-order valence-corrected chi connectivity index (χ1v) is 12.1. The van der Waals surface area contributed by atoms with E-state index in [0.29, 0.717) is 17.7 Å². The molecule has 1 aliphatic carbocycles. The molecule has 3 rings (SSSR count). The second-order valence-corrected chi connectivity index (χ2v) is 9.01. The second kappa shape index (κ2) is 11.4. The van der Waals surface area contributed by atoms with Crippen LogP contribution in [-0.4, -0.2) is 39.6 Å². The molecule has 30 heavy (non-hydrogen) atoms. The third-order valence-corrected chi connectivity index (χ3v) is 6.89. The lowest BCUT2D eigenvalue weighted by Crippen LogP contribution is -2.41. The first-order chi connectivity index (χ1) is 14.6. The number of aromatic nitrogens is 3. The Morgan fingerprint density at radius 1 is 1.20 bits per heavy atom. The first-order valence-electron chi connectivity index (χ1n) is 11.1. The van der Waals surface area contributed by atoms with Gasteiger partial charge in [0.2, 0.25) is 5.91 Å². The Kier molecular flexibility index (Phi) is 8.61. The van der Waals surface area contributed by atoms with Gasteiger partial charge in [0.05, 0.1) is 12.9 Å². The number of hydrogen-bond donors (Lipinski definition) is 1. The van der Waals surface area contributed by atoms with Gasteiger partial charge in [-0.15, -0.1) is 10.2 Å². The zero-order chi connectivity index (χ0) is 21.3. The van der Waals surface area contributed by atoms with Crippen LogP contribution in [0.1, 0.15) is 57.3 Å². The van der Waals surface area contributed by atoms with Crippen LogP contribution in [-0.2, 0) is 24.2 Å². The molecule has 6 nitrogen and oxygen atoms in total. The predicted molar refractivity (Wildman–Crippen MR) is 121 cm³/mol. The van der Waals surface area contributed by atoms with E-state index in [-0.39, 0.29) is 5.91 Å². The molecule has 164 valence electrons. The van der Waals surface area contributed by atoms with Crippen LogP contribution in [0.5, 0.6) is 5.75 Å². The Hall–Kier alpha value is -2.02. The summed E-state index contributed by atoms with van der Waals surface area (Å²) in [6, 6.07) is 8.53. The Balaban J connectivity index is 1.47. The summed E-state index contributed by atoms with van der Waals surface area (Å²) in [5.41, 5.74) is 1.29. The smallest absolute Gasteiger partial charge is 0.230 e. The topological polar surface area (TPSA) is 69.0 Å². The Bertz CT molecular complexity index is 806. The van der Waals surface area contributed by atoms with Crippen LogP contribution in [0, 0.1) is 5.92 Å². The van der Waals surface area contributed by atoms with Crippen LogP contribution in [0.25, 0.3) is 0 Å². The lowest BCUT2D eigenvalue weighted by molar-refractivity contribution is -0.119. The van der Waals surface area contributed by atoms with Crippen molar-refractivity contribution in [3.63, 3.8) is 0 Å². The maximum atomic E-state index is 12.4. The fraction of sp³-hybridized carbons (Fsp3) is 0.609. The van der Waals surface area contributed by atoms with Gasteiger partial charge in [0, 0.05) is 19.0 Å². The molecule has 7 heteroatoms. The lowest BCUT2D eigenvalue weighted by Gasteiger charge is -2.29. The molecule has 1 amide bonds. The van der Waals surface area contributed by atoms with Crippen molar-refractivity contribution in [2.75, 3.05) is 12.9 Å². The number of hydrogen-bond acceptors (Lipinski definition) is 5. The maximum Gasteiger partial charge on any atom is 0.230 e. The van der Waals surface area contributed by atoms with Crippen molar-refractivity contribution in [2.45, 2.75) is 76.5 Å². The summed E-state index contributed by atoms with van der Waals surface area (Å²) in [6.45, 7) is 5.15. The highest BCUT2D eigenvalue weighted by atomic mass is 32.2. The van der Waals surface area contributed by atoms with E-state index in [1.54, 1.807) is 7.11 Å². The van der Waals surface area contributed by atoms with Gasteiger partial charge in [-0.25, -0.2) is 0 Å². The molecule has 1 heterocycles. The molecule has 2 aromatic rings. The predicted octanol–water partition coefficient (Wildman–Crippen LogP) is 4.27. The number of aryl methyl sites for hydroxylation is 2. The minimum atomic E-state index is 0.102. The van der Waals surface area contributed by atoms with Crippen molar-refractivity contribution in [2.24, 2.45) is 5.92 Å². The van der Waals surface area contributed by atoms with Crippen LogP contribution in [0.4, 0.5) is 0 Å². The number of rotatable bonds is 10. The Labute approximate surface area is 184 Å². The molecule has 1 fully saturated rings. The van der Waals surface area contributed by atoms with E-state index in [1.165, 1.54) is 36.6 Å². The summed E-state index contributed by atoms with van der Waals surface area (Å²) in [7, 11) is 1.68. The molecule has 0 bridgehead atoms. The molecule has 0 aliphatic heterocycles. The number of thioether (sulfide) groups is 1. The minimum Gasteiger partial charge on any atom is -0.497 e. The van der Waals surface area contributed by atoms with E-state index in [4.69, 9.17) is 4.74 Å². The monoisotopic (exact) mass is 430 g/mol. The zero-order valence-electron chi connectivity index (χ0n) is 18.4. The number of carbonyl (C=O) groups is 1. The third-order valence-electron chi connectivity index (χ3n) is 5.92. The maximum absolute atomic E-state index is 12.4. The van der Waals surface area contributed by atoms with Crippen LogP contribution in [0.3, 0.4) is 0 Å². The highest BCUT2D eigenvalue weighted by Crippen LogP contribution is 2.24. The molecule has 0 saturated heterocycles. The summed E-state index contributed by atoms with van der Waals surface area (Å²) in [5.74, 6) is 2.95. The van der Waals surface area contributed by atoms with Gasteiger partial charge < -0.3 is 14.6 Å². The molecule has 1 aromatic heterocycles. The van der Waals surface area contributed by atoms with Gasteiger partial charge in [-0.3, -0.25) is 4.79 Å². The molecule has 2 atom stereocenters. The minimum absolute atomic E-state index is 0.102. The summed E-state index contributed by atoms with van der Waals surface area (Å²) < 4.78 is 7.35. The van der Waals surface area contributed by atoms with E-state index >= 15 is 0 Å². The zero-order valence-corrected chi connectivity index (χ0v) is 19.2. The molecule has 1 N–H and O–H groups in total. The fourth-order valence-corrected chi connectivity index (χ4v) is 4.91. The van der Waals surface area contributed by atoms with E-state index in [2.05, 4.69) is 46.1 Å². The van der Waals surface area contributed by atoms with E-state index in [0.717, 1.165) is 49.0 Å². The highest BCUT2D eigenvalue weighted by molar-refractivity contribution is 7.99. The molecule has 0 radical (unpaired) electrons. The van der Waals surface area contributed by atoms with Crippen molar-refractivity contribution >= 4 is 17.7 Å². The number of methoxy groups -OCH3 is 1. The van der Waals surface area contributed by atoms with Gasteiger partial charge in [0.25, 0.3) is 0 Å². The Morgan fingerprint density at radius 3 is 2.67 bits per heavy atom. The standard InChI is InChI=1S/C23H34N4O2S/c1-4-27-21(11-7-9-18-12-14-19(29-3)15-13-18)25-26-23(27)30-16-22(28)24-20-10-6-5-8-17(20)2/h12-15,17,20H,4-11,16H2,1-3H3,(H,24,28). The largest absolute Gasteiger partial charge is 0.497 e. The van der Waals surface area contributed by atoms with Crippen LogP contribution < -0.4 is 10.1 Å². The molecule has 2 unspecified atom stereocenters. The summed E-state index contributed by atoms with van der Waals surface area (Å²) in [4.78, 5) is 12.4. The van der Waals surface area contributed by atoms with Gasteiger partial charge in [-0.1, -0.05) is 43.7 Å². The number of nitrogens with one attached hydrogen (secondary N) is 1. The van der Waals surface area contributed by atoms with Crippen molar-refractivity contribution in [1.29, 1.82) is 0 Å². The normalized spacial score (nSPS) is 18.9. The van der Waals surface area contributed by atoms with Gasteiger partial charge in [-0.2, -0.15) is 0 Å². The molecule has 1 saturated carbocycles. The van der Waals surface area contributed by atoms with Gasteiger partial charge >= 0.3 is 0 Å². The first kappa shape index (κ1) is 22.7. The number of benzene rings is 1. The second-order valence-electron chi connectivity index (χ2n) is 8.07. The fourth-order valence-electron chi connectivity index (χ4n) is 4.08. The van der Waals surface area contributed by atoms with Crippen LogP contribution >= 0.6 is 11.8 Å². The highest BCUT2D eigenvalue weighted by Gasteiger charge is 2.23.